The minimum absolute atomic E-state index is 0.812. The minimum atomic E-state index is -1.04. The van der Waals surface area contributed by atoms with Crippen molar-refractivity contribution in [3.8, 4) is 0 Å². The van der Waals surface area contributed by atoms with Gasteiger partial charge in [0.1, 0.15) is 8.24 Å². The summed E-state index contributed by atoms with van der Waals surface area (Å²) in [5.74, 6) is 1.77. The Labute approximate surface area is 76.3 Å². The van der Waals surface area contributed by atoms with Gasteiger partial charge >= 0.3 is 0 Å². The molecule has 3 unspecified atom stereocenters. The average molecular weight is 181 g/mol. The van der Waals surface area contributed by atoms with E-state index in [-0.39, 0.29) is 0 Å². The Hall–Kier alpha value is -0.0831. The monoisotopic (exact) mass is 181 g/mol. The second kappa shape index (κ2) is 2.71. The summed E-state index contributed by atoms with van der Waals surface area (Å²) in [6.45, 7) is 7.17. The van der Waals surface area contributed by atoms with E-state index in [0.717, 1.165) is 17.9 Å². The van der Waals surface area contributed by atoms with Gasteiger partial charge in [0.15, 0.2) is 0 Å². The van der Waals surface area contributed by atoms with Crippen molar-refractivity contribution in [1.29, 1.82) is 0 Å². The van der Waals surface area contributed by atoms with Crippen LogP contribution in [0.1, 0.15) is 12.8 Å². The number of hydrogen-bond donors (Lipinski definition) is 1. The van der Waals surface area contributed by atoms with Crippen LogP contribution in [0.25, 0.3) is 0 Å². The van der Waals surface area contributed by atoms with E-state index >= 15 is 0 Å². The van der Waals surface area contributed by atoms with E-state index in [1.807, 2.05) is 0 Å². The molecule has 2 rings (SSSR count). The fourth-order valence-electron chi connectivity index (χ4n) is 2.50. The van der Waals surface area contributed by atoms with Crippen molar-refractivity contribution in [2.75, 3.05) is 0 Å². The highest BCUT2D eigenvalue weighted by Crippen LogP contribution is 2.39. The normalized spacial score (nSPS) is 39.4. The fraction of sp³-hybridized carbons (Fsp3) is 0.800. The Morgan fingerprint density at radius 1 is 1.17 bits per heavy atom. The highest BCUT2D eigenvalue weighted by molar-refractivity contribution is 6.73. The molecule has 0 amide bonds. The van der Waals surface area contributed by atoms with E-state index in [4.69, 9.17) is 0 Å². The molecule has 0 aromatic rings. The molecule has 0 saturated heterocycles. The topological polar surface area (TPSA) is 12.0 Å². The Balaban J connectivity index is 1.96. The maximum Gasteiger partial charge on any atom is 0.116 e. The molecular formula is C10H19NSi. The summed E-state index contributed by atoms with van der Waals surface area (Å²) < 4.78 is 0. The second-order valence-electron chi connectivity index (χ2n) is 5.28. The van der Waals surface area contributed by atoms with Crippen molar-refractivity contribution in [2.24, 2.45) is 11.8 Å². The van der Waals surface area contributed by atoms with Crippen molar-refractivity contribution in [3.63, 3.8) is 0 Å². The molecule has 1 N–H and O–H groups in total. The van der Waals surface area contributed by atoms with Crippen LogP contribution in [-0.4, -0.2) is 14.3 Å². The second-order valence-corrected chi connectivity index (χ2v) is 10.1. The molecule has 3 atom stereocenters. The van der Waals surface area contributed by atoms with Gasteiger partial charge in [-0.05, 0) is 24.7 Å². The van der Waals surface area contributed by atoms with E-state index in [1.54, 1.807) is 0 Å². The molecule has 2 heteroatoms. The summed E-state index contributed by atoms with van der Waals surface area (Å²) in [6, 6.07) is 0.812. The number of allylic oxidation sites excluding steroid dienone is 1. The quantitative estimate of drug-likeness (QED) is 0.509. The summed E-state index contributed by atoms with van der Waals surface area (Å²) in [5, 5.41) is 0. The molecule has 0 aliphatic heterocycles. The third kappa shape index (κ3) is 1.64. The van der Waals surface area contributed by atoms with Crippen LogP contribution < -0.4 is 4.98 Å². The van der Waals surface area contributed by atoms with Gasteiger partial charge in [0, 0.05) is 6.04 Å². The summed E-state index contributed by atoms with van der Waals surface area (Å²) >= 11 is 0. The van der Waals surface area contributed by atoms with Gasteiger partial charge in [-0.25, -0.2) is 0 Å². The molecule has 0 spiro atoms. The Bertz CT molecular complexity index is 204. The molecule has 0 aromatic heterocycles. The van der Waals surface area contributed by atoms with Gasteiger partial charge in [-0.1, -0.05) is 31.8 Å². The molecule has 12 heavy (non-hydrogen) atoms. The SMILES string of the molecule is C[Si](C)(C)NC1CC2C=CC1C2. The van der Waals surface area contributed by atoms with Gasteiger partial charge in [0.2, 0.25) is 0 Å². The average Bonchev–Trinajstić information content (AvgIpc) is 2.42. The van der Waals surface area contributed by atoms with E-state index in [1.165, 1.54) is 12.8 Å². The van der Waals surface area contributed by atoms with Crippen LogP contribution in [0.3, 0.4) is 0 Å². The zero-order chi connectivity index (χ0) is 8.77. The first-order chi connectivity index (χ1) is 5.54. The first kappa shape index (κ1) is 8.51. The number of nitrogens with one attached hydrogen (secondary N) is 1. The lowest BCUT2D eigenvalue weighted by Gasteiger charge is -2.28. The molecule has 0 heterocycles. The van der Waals surface area contributed by atoms with Crippen LogP contribution in [0.2, 0.25) is 19.6 Å². The molecule has 1 saturated carbocycles. The van der Waals surface area contributed by atoms with Crippen molar-refractivity contribution in [2.45, 2.75) is 38.5 Å². The van der Waals surface area contributed by atoms with Crippen molar-refractivity contribution < 1.29 is 0 Å². The summed E-state index contributed by atoms with van der Waals surface area (Å²) in [7, 11) is -1.04. The molecule has 68 valence electrons. The van der Waals surface area contributed by atoms with Crippen molar-refractivity contribution >= 4 is 8.24 Å². The molecule has 1 nitrogen and oxygen atoms in total. The number of hydrogen-bond acceptors (Lipinski definition) is 1. The van der Waals surface area contributed by atoms with Crippen LogP contribution in [0.5, 0.6) is 0 Å². The summed E-state index contributed by atoms with van der Waals surface area (Å²) in [4.78, 5) is 3.84. The Morgan fingerprint density at radius 2 is 1.92 bits per heavy atom. The predicted octanol–water partition coefficient (Wildman–Crippen LogP) is 2.38. The van der Waals surface area contributed by atoms with Crippen molar-refractivity contribution in [1.82, 2.24) is 4.98 Å². The predicted molar refractivity (Wildman–Crippen MR) is 55.6 cm³/mol. The highest BCUT2D eigenvalue weighted by atomic mass is 28.3. The highest BCUT2D eigenvalue weighted by Gasteiger charge is 2.37. The molecule has 0 radical (unpaired) electrons. The largest absolute Gasteiger partial charge is 0.334 e. The summed E-state index contributed by atoms with van der Waals surface area (Å²) in [6.07, 6.45) is 7.65. The first-order valence-electron chi connectivity index (χ1n) is 5.01. The molecular weight excluding hydrogens is 162 g/mol. The molecule has 2 aliphatic carbocycles. The lowest BCUT2D eigenvalue weighted by atomic mass is 10.0. The minimum Gasteiger partial charge on any atom is -0.334 e. The van der Waals surface area contributed by atoms with E-state index < -0.39 is 8.24 Å². The third-order valence-corrected chi connectivity index (χ3v) is 4.13. The van der Waals surface area contributed by atoms with Crippen LogP contribution in [-0.2, 0) is 0 Å². The zero-order valence-electron chi connectivity index (χ0n) is 8.30. The molecule has 2 bridgehead atoms. The first-order valence-corrected chi connectivity index (χ1v) is 8.51. The summed E-state index contributed by atoms with van der Waals surface area (Å²) in [5.41, 5.74) is 0. The van der Waals surface area contributed by atoms with Gasteiger partial charge < -0.3 is 4.98 Å². The van der Waals surface area contributed by atoms with E-state index in [9.17, 15) is 0 Å². The maximum atomic E-state index is 3.84. The van der Waals surface area contributed by atoms with E-state index in [0.29, 0.717) is 0 Å². The van der Waals surface area contributed by atoms with Gasteiger partial charge in [0.05, 0.1) is 0 Å². The molecule has 0 aromatic carbocycles. The molecule has 2 aliphatic rings. The van der Waals surface area contributed by atoms with Gasteiger partial charge in [-0.3, -0.25) is 0 Å². The third-order valence-electron chi connectivity index (χ3n) is 2.90. The van der Waals surface area contributed by atoms with Crippen molar-refractivity contribution in [3.05, 3.63) is 12.2 Å². The Morgan fingerprint density at radius 3 is 2.33 bits per heavy atom. The number of fused-ring (bicyclic) bond motifs is 2. The molecule has 1 fully saturated rings. The van der Waals surface area contributed by atoms with Gasteiger partial charge in [-0.15, -0.1) is 0 Å². The lowest BCUT2D eigenvalue weighted by Crippen LogP contribution is -2.49. The van der Waals surface area contributed by atoms with Gasteiger partial charge in [-0.2, -0.15) is 0 Å². The van der Waals surface area contributed by atoms with Crippen LogP contribution >= 0.6 is 0 Å². The standard InChI is InChI=1S/C10H19NSi/c1-12(2,3)11-10-7-8-4-5-9(10)6-8/h4-5,8-11H,6-7H2,1-3H3. The maximum absolute atomic E-state index is 3.84. The zero-order valence-corrected chi connectivity index (χ0v) is 9.30. The van der Waals surface area contributed by atoms with Crippen LogP contribution in [0.15, 0.2) is 12.2 Å². The van der Waals surface area contributed by atoms with E-state index in [2.05, 4.69) is 36.8 Å². The fourth-order valence-corrected chi connectivity index (χ4v) is 3.95. The smallest absolute Gasteiger partial charge is 0.116 e. The number of rotatable bonds is 2. The van der Waals surface area contributed by atoms with Crippen LogP contribution in [0, 0.1) is 11.8 Å². The van der Waals surface area contributed by atoms with Gasteiger partial charge in [0.25, 0.3) is 0 Å². The van der Waals surface area contributed by atoms with Crippen LogP contribution in [0.4, 0.5) is 0 Å². The Kier molecular flexibility index (Phi) is 1.92. The lowest BCUT2D eigenvalue weighted by molar-refractivity contribution is 0.525.